The zero-order chi connectivity index (χ0) is 10.6. The standard InChI is InChI=1S/C12H25NO/c1-5-10(6-2)13-11-7-8-14-12(3,4)9-11/h10-11,13H,5-9H2,1-4H3. The van der Waals surface area contributed by atoms with Crippen molar-refractivity contribution in [3.05, 3.63) is 0 Å². The Balaban J connectivity index is 2.37. The topological polar surface area (TPSA) is 21.3 Å². The molecular weight excluding hydrogens is 174 g/mol. The molecule has 0 aliphatic carbocycles. The van der Waals surface area contributed by atoms with Crippen molar-refractivity contribution in [1.82, 2.24) is 5.32 Å². The highest BCUT2D eigenvalue weighted by Gasteiger charge is 2.29. The number of hydrogen-bond donors (Lipinski definition) is 1. The van der Waals surface area contributed by atoms with E-state index in [-0.39, 0.29) is 5.60 Å². The minimum atomic E-state index is 0.0714. The van der Waals surface area contributed by atoms with E-state index in [9.17, 15) is 0 Å². The molecule has 1 rings (SSSR count). The summed E-state index contributed by atoms with van der Waals surface area (Å²) in [7, 11) is 0. The largest absolute Gasteiger partial charge is 0.375 e. The van der Waals surface area contributed by atoms with E-state index in [1.807, 2.05) is 0 Å². The van der Waals surface area contributed by atoms with Crippen LogP contribution in [0.5, 0.6) is 0 Å². The molecule has 1 unspecified atom stereocenters. The molecule has 0 radical (unpaired) electrons. The molecule has 1 aliphatic heterocycles. The fraction of sp³-hybridized carbons (Fsp3) is 1.00. The predicted octanol–water partition coefficient (Wildman–Crippen LogP) is 2.72. The van der Waals surface area contributed by atoms with E-state index < -0.39 is 0 Å². The van der Waals surface area contributed by atoms with Gasteiger partial charge in [0, 0.05) is 18.7 Å². The highest BCUT2D eigenvalue weighted by Crippen LogP contribution is 2.24. The maximum atomic E-state index is 5.70. The van der Waals surface area contributed by atoms with E-state index in [1.165, 1.54) is 19.3 Å². The van der Waals surface area contributed by atoms with Crippen LogP contribution < -0.4 is 5.32 Å². The summed E-state index contributed by atoms with van der Waals surface area (Å²) in [5.41, 5.74) is 0.0714. The molecule has 1 atom stereocenters. The van der Waals surface area contributed by atoms with Gasteiger partial charge < -0.3 is 10.1 Å². The molecule has 0 aromatic heterocycles. The molecule has 1 N–H and O–H groups in total. The first-order valence-electron chi connectivity index (χ1n) is 5.97. The summed E-state index contributed by atoms with van der Waals surface area (Å²) in [4.78, 5) is 0. The molecule has 0 aromatic carbocycles. The lowest BCUT2D eigenvalue weighted by molar-refractivity contribution is -0.0642. The predicted molar refractivity (Wildman–Crippen MR) is 60.6 cm³/mol. The van der Waals surface area contributed by atoms with Gasteiger partial charge in [-0.3, -0.25) is 0 Å². The summed E-state index contributed by atoms with van der Waals surface area (Å²) in [6, 6.07) is 1.34. The summed E-state index contributed by atoms with van der Waals surface area (Å²) in [5.74, 6) is 0. The summed E-state index contributed by atoms with van der Waals surface area (Å²) in [6.45, 7) is 9.80. The van der Waals surface area contributed by atoms with Gasteiger partial charge in [0.1, 0.15) is 0 Å². The summed E-state index contributed by atoms with van der Waals surface area (Å²) in [6.07, 6.45) is 4.77. The molecule has 1 heterocycles. The summed E-state index contributed by atoms with van der Waals surface area (Å²) < 4.78 is 5.70. The minimum Gasteiger partial charge on any atom is -0.375 e. The van der Waals surface area contributed by atoms with Crippen LogP contribution in [-0.4, -0.2) is 24.3 Å². The van der Waals surface area contributed by atoms with Crippen LogP contribution in [0.15, 0.2) is 0 Å². The van der Waals surface area contributed by atoms with Gasteiger partial charge in [0.25, 0.3) is 0 Å². The Hall–Kier alpha value is -0.0800. The van der Waals surface area contributed by atoms with Crippen LogP contribution in [0, 0.1) is 0 Å². The monoisotopic (exact) mass is 199 g/mol. The number of ether oxygens (including phenoxy) is 1. The van der Waals surface area contributed by atoms with Gasteiger partial charge in [-0.1, -0.05) is 13.8 Å². The lowest BCUT2D eigenvalue weighted by Gasteiger charge is -2.37. The Kier molecular flexibility index (Phi) is 4.39. The molecule has 2 heteroatoms. The van der Waals surface area contributed by atoms with Gasteiger partial charge in [0.2, 0.25) is 0 Å². The Morgan fingerprint density at radius 1 is 1.36 bits per heavy atom. The Morgan fingerprint density at radius 2 is 2.00 bits per heavy atom. The summed E-state index contributed by atoms with van der Waals surface area (Å²) in [5, 5.41) is 3.73. The Labute approximate surface area is 88.4 Å². The van der Waals surface area contributed by atoms with Crippen LogP contribution in [0.3, 0.4) is 0 Å². The third kappa shape index (κ3) is 3.58. The molecule has 84 valence electrons. The second-order valence-corrected chi connectivity index (χ2v) is 4.98. The molecule has 2 nitrogen and oxygen atoms in total. The minimum absolute atomic E-state index is 0.0714. The first-order chi connectivity index (χ1) is 6.57. The Bertz CT molecular complexity index is 164. The first-order valence-corrected chi connectivity index (χ1v) is 5.97. The molecule has 0 amide bonds. The quantitative estimate of drug-likeness (QED) is 0.751. The van der Waals surface area contributed by atoms with E-state index in [1.54, 1.807) is 0 Å². The molecular formula is C12H25NO. The van der Waals surface area contributed by atoms with E-state index in [4.69, 9.17) is 4.74 Å². The van der Waals surface area contributed by atoms with Crippen molar-refractivity contribution in [1.29, 1.82) is 0 Å². The smallest absolute Gasteiger partial charge is 0.0641 e. The lowest BCUT2D eigenvalue weighted by Crippen LogP contribution is -2.47. The van der Waals surface area contributed by atoms with Crippen LogP contribution in [0.25, 0.3) is 0 Å². The van der Waals surface area contributed by atoms with E-state index in [2.05, 4.69) is 33.0 Å². The van der Waals surface area contributed by atoms with Crippen LogP contribution in [0.1, 0.15) is 53.4 Å². The van der Waals surface area contributed by atoms with Crippen LogP contribution in [0.2, 0.25) is 0 Å². The second kappa shape index (κ2) is 5.13. The van der Waals surface area contributed by atoms with Gasteiger partial charge in [-0.25, -0.2) is 0 Å². The van der Waals surface area contributed by atoms with Gasteiger partial charge in [-0.05, 0) is 39.5 Å². The molecule has 1 saturated heterocycles. The fourth-order valence-electron chi connectivity index (χ4n) is 2.23. The van der Waals surface area contributed by atoms with E-state index in [0.29, 0.717) is 12.1 Å². The van der Waals surface area contributed by atoms with Crippen molar-refractivity contribution in [2.75, 3.05) is 6.61 Å². The lowest BCUT2D eigenvalue weighted by atomic mass is 9.93. The van der Waals surface area contributed by atoms with Crippen molar-refractivity contribution in [2.45, 2.75) is 71.1 Å². The van der Waals surface area contributed by atoms with Crippen molar-refractivity contribution < 1.29 is 4.74 Å². The first kappa shape index (κ1) is 12.0. The highest BCUT2D eigenvalue weighted by molar-refractivity contribution is 4.84. The number of rotatable bonds is 4. The third-order valence-electron chi connectivity index (χ3n) is 3.15. The molecule has 1 aliphatic rings. The van der Waals surface area contributed by atoms with E-state index in [0.717, 1.165) is 13.0 Å². The van der Waals surface area contributed by atoms with Crippen molar-refractivity contribution in [3.8, 4) is 0 Å². The third-order valence-corrected chi connectivity index (χ3v) is 3.15. The van der Waals surface area contributed by atoms with Crippen LogP contribution in [-0.2, 0) is 4.74 Å². The van der Waals surface area contributed by atoms with E-state index >= 15 is 0 Å². The average molecular weight is 199 g/mol. The maximum absolute atomic E-state index is 5.70. The molecule has 0 bridgehead atoms. The average Bonchev–Trinajstić information content (AvgIpc) is 2.12. The normalized spacial score (nSPS) is 26.8. The van der Waals surface area contributed by atoms with Crippen molar-refractivity contribution in [2.24, 2.45) is 0 Å². The zero-order valence-electron chi connectivity index (χ0n) is 10.1. The van der Waals surface area contributed by atoms with Crippen LogP contribution >= 0.6 is 0 Å². The Morgan fingerprint density at radius 3 is 2.50 bits per heavy atom. The van der Waals surface area contributed by atoms with Crippen molar-refractivity contribution in [3.63, 3.8) is 0 Å². The van der Waals surface area contributed by atoms with Gasteiger partial charge in [-0.2, -0.15) is 0 Å². The zero-order valence-corrected chi connectivity index (χ0v) is 10.1. The molecule has 0 saturated carbocycles. The van der Waals surface area contributed by atoms with Gasteiger partial charge >= 0.3 is 0 Å². The maximum Gasteiger partial charge on any atom is 0.0641 e. The SMILES string of the molecule is CCC(CC)NC1CCOC(C)(C)C1. The van der Waals surface area contributed by atoms with Gasteiger partial charge in [-0.15, -0.1) is 0 Å². The second-order valence-electron chi connectivity index (χ2n) is 4.98. The van der Waals surface area contributed by atoms with Crippen molar-refractivity contribution >= 4 is 0 Å². The number of nitrogens with one attached hydrogen (secondary N) is 1. The van der Waals surface area contributed by atoms with Gasteiger partial charge in [0.05, 0.1) is 5.60 Å². The molecule has 14 heavy (non-hydrogen) atoms. The van der Waals surface area contributed by atoms with Gasteiger partial charge in [0.15, 0.2) is 0 Å². The highest BCUT2D eigenvalue weighted by atomic mass is 16.5. The molecule has 0 spiro atoms. The number of hydrogen-bond acceptors (Lipinski definition) is 2. The molecule has 0 aromatic rings. The van der Waals surface area contributed by atoms with Crippen LogP contribution in [0.4, 0.5) is 0 Å². The fourth-order valence-corrected chi connectivity index (χ4v) is 2.23. The molecule has 1 fully saturated rings. The summed E-state index contributed by atoms with van der Waals surface area (Å²) >= 11 is 0.